The molecule has 2 saturated heterocycles. The van der Waals surface area contributed by atoms with Gasteiger partial charge in [-0.3, -0.25) is 14.5 Å². The fourth-order valence-corrected chi connectivity index (χ4v) is 4.18. The predicted octanol–water partition coefficient (Wildman–Crippen LogP) is 2.75. The number of nitrogens with zero attached hydrogens (tertiary/aromatic N) is 3. The number of nitrogens with one attached hydrogen (secondary N) is 1. The van der Waals surface area contributed by atoms with E-state index in [4.69, 9.17) is 0 Å². The number of carbonyl (C=O) groups is 2. The van der Waals surface area contributed by atoms with E-state index in [1.54, 1.807) is 12.1 Å². The van der Waals surface area contributed by atoms with Crippen molar-refractivity contribution < 1.29 is 14.0 Å². The highest BCUT2D eigenvalue weighted by molar-refractivity contribution is 5.92. The number of halogens is 1. The van der Waals surface area contributed by atoms with Crippen molar-refractivity contribution in [2.75, 3.05) is 56.0 Å². The summed E-state index contributed by atoms with van der Waals surface area (Å²) in [6.45, 7) is 5.03. The predicted molar refractivity (Wildman–Crippen MR) is 120 cm³/mol. The van der Waals surface area contributed by atoms with E-state index in [1.807, 2.05) is 17.0 Å². The van der Waals surface area contributed by atoms with E-state index in [9.17, 15) is 14.0 Å². The minimum atomic E-state index is -0.300. The molecule has 4 rings (SSSR count). The molecule has 0 radical (unpaired) electrons. The van der Waals surface area contributed by atoms with Crippen LogP contribution in [0.15, 0.2) is 48.5 Å². The first-order chi connectivity index (χ1) is 15.1. The van der Waals surface area contributed by atoms with Gasteiger partial charge in [0.25, 0.3) is 0 Å². The highest BCUT2D eigenvalue weighted by Gasteiger charge is 2.22. The fourth-order valence-electron chi connectivity index (χ4n) is 4.18. The van der Waals surface area contributed by atoms with Gasteiger partial charge in [-0.25, -0.2) is 4.39 Å². The van der Waals surface area contributed by atoms with Crippen molar-refractivity contribution in [3.05, 3.63) is 59.9 Å². The van der Waals surface area contributed by atoms with Crippen molar-refractivity contribution in [1.29, 1.82) is 0 Å². The van der Waals surface area contributed by atoms with Crippen LogP contribution >= 0.6 is 0 Å². The Hall–Kier alpha value is -2.93. The Labute approximate surface area is 182 Å². The zero-order valence-corrected chi connectivity index (χ0v) is 17.7. The molecular formula is C24H29FN4O2. The number of carbonyl (C=O) groups excluding carboxylic acids is 2. The molecule has 6 nitrogen and oxygen atoms in total. The maximum atomic E-state index is 13.0. The summed E-state index contributed by atoms with van der Waals surface area (Å²) in [6.07, 6.45) is 2.75. The third-order valence-corrected chi connectivity index (χ3v) is 5.98. The Morgan fingerprint density at radius 3 is 2.13 bits per heavy atom. The summed E-state index contributed by atoms with van der Waals surface area (Å²) in [7, 11) is 0. The molecule has 164 valence electrons. The van der Waals surface area contributed by atoms with Gasteiger partial charge in [-0.2, -0.15) is 0 Å². The van der Waals surface area contributed by atoms with Crippen LogP contribution in [0.5, 0.6) is 0 Å². The van der Waals surface area contributed by atoms with Crippen LogP contribution in [-0.4, -0.2) is 67.4 Å². The van der Waals surface area contributed by atoms with Crippen molar-refractivity contribution in [1.82, 2.24) is 9.80 Å². The van der Waals surface area contributed by atoms with Gasteiger partial charge in [0.15, 0.2) is 0 Å². The van der Waals surface area contributed by atoms with E-state index in [0.717, 1.165) is 24.3 Å². The van der Waals surface area contributed by atoms with Crippen molar-refractivity contribution in [2.45, 2.75) is 19.3 Å². The number of piperazine rings is 1. The van der Waals surface area contributed by atoms with Gasteiger partial charge in [-0.15, -0.1) is 0 Å². The Balaban J connectivity index is 1.20. The number of anilines is 2. The maximum absolute atomic E-state index is 13.0. The molecule has 0 bridgehead atoms. The second-order valence-electron chi connectivity index (χ2n) is 8.25. The van der Waals surface area contributed by atoms with Crippen molar-refractivity contribution in [2.24, 2.45) is 0 Å². The topological polar surface area (TPSA) is 55.9 Å². The molecule has 2 heterocycles. The maximum Gasteiger partial charge on any atom is 0.238 e. The second kappa shape index (κ2) is 9.92. The van der Waals surface area contributed by atoms with E-state index in [1.165, 1.54) is 30.7 Å². The van der Waals surface area contributed by atoms with Crippen LogP contribution in [0, 0.1) is 5.82 Å². The lowest BCUT2D eigenvalue weighted by Gasteiger charge is -2.34. The van der Waals surface area contributed by atoms with Gasteiger partial charge in [0.2, 0.25) is 11.8 Å². The van der Waals surface area contributed by atoms with E-state index in [2.05, 4.69) is 27.2 Å². The Kier molecular flexibility index (Phi) is 6.82. The van der Waals surface area contributed by atoms with Gasteiger partial charge >= 0.3 is 0 Å². The largest absolute Gasteiger partial charge is 0.372 e. The second-order valence-corrected chi connectivity index (χ2v) is 8.25. The monoisotopic (exact) mass is 424 g/mol. The summed E-state index contributed by atoms with van der Waals surface area (Å²) in [5, 5.41) is 2.97. The molecule has 2 aromatic carbocycles. The smallest absolute Gasteiger partial charge is 0.238 e. The number of amides is 2. The third-order valence-electron chi connectivity index (χ3n) is 5.98. The molecule has 2 aliphatic heterocycles. The van der Waals surface area contributed by atoms with Gasteiger partial charge in [0.1, 0.15) is 5.82 Å². The van der Waals surface area contributed by atoms with Crippen LogP contribution in [0.25, 0.3) is 0 Å². The SMILES string of the molecule is O=C(CN1CCN(C(=O)Cc2ccc(F)cc2)CC1)Nc1ccc(N2CCCC2)cc1. The van der Waals surface area contributed by atoms with Crippen LogP contribution < -0.4 is 10.2 Å². The van der Waals surface area contributed by atoms with Crippen LogP contribution in [0.4, 0.5) is 15.8 Å². The molecule has 2 fully saturated rings. The van der Waals surface area contributed by atoms with Gasteiger partial charge in [-0.1, -0.05) is 12.1 Å². The van der Waals surface area contributed by atoms with Crippen molar-refractivity contribution in [3.8, 4) is 0 Å². The lowest BCUT2D eigenvalue weighted by atomic mass is 10.1. The molecule has 0 unspecified atom stereocenters. The molecule has 2 amide bonds. The van der Waals surface area contributed by atoms with Crippen molar-refractivity contribution >= 4 is 23.2 Å². The standard InChI is InChI=1S/C24H29FN4O2/c25-20-5-3-19(4-6-20)17-24(31)29-15-13-27(14-16-29)18-23(30)26-21-7-9-22(10-8-21)28-11-1-2-12-28/h3-10H,1-2,11-18H2,(H,26,30). The summed E-state index contributed by atoms with van der Waals surface area (Å²) in [5.74, 6) is -0.306. The molecule has 0 atom stereocenters. The summed E-state index contributed by atoms with van der Waals surface area (Å²) < 4.78 is 13.0. The van der Waals surface area contributed by atoms with Crippen molar-refractivity contribution in [3.63, 3.8) is 0 Å². The van der Waals surface area contributed by atoms with Gasteiger partial charge < -0.3 is 15.1 Å². The molecular weight excluding hydrogens is 395 g/mol. The Morgan fingerprint density at radius 2 is 1.48 bits per heavy atom. The lowest BCUT2D eigenvalue weighted by molar-refractivity contribution is -0.132. The summed E-state index contributed by atoms with van der Waals surface area (Å²) in [5.41, 5.74) is 2.82. The molecule has 0 saturated carbocycles. The fraction of sp³-hybridized carbons (Fsp3) is 0.417. The first-order valence-corrected chi connectivity index (χ1v) is 11.0. The van der Waals surface area contributed by atoms with Crippen LogP contribution in [0.3, 0.4) is 0 Å². The molecule has 2 aromatic rings. The van der Waals surface area contributed by atoms with Gasteiger partial charge in [0, 0.05) is 50.6 Å². The quantitative estimate of drug-likeness (QED) is 0.775. The summed E-state index contributed by atoms with van der Waals surface area (Å²) in [4.78, 5) is 31.2. The third kappa shape index (κ3) is 5.82. The molecule has 0 spiro atoms. The van der Waals surface area contributed by atoms with Gasteiger partial charge in [-0.05, 0) is 54.8 Å². The first-order valence-electron chi connectivity index (χ1n) is 11.0. The molecule has 0 aliphatic carbocycles. The summed E-state index contributed by atoms with van der Waals surface area (Å²) >= 11 is 0. The van der Waals surface area contributed by atoms with E-state index in [-0.39, 0.29) is 24.1 Å². The molecule has 0 aromatic heterocycles. The molecule has 31 heavy (non-hydrogen) atoms. The minimum Gasteiger partial charge on any atom is -0.372 e. The first kappa shape index (κ1) is 21.3. The number of hydrogen-bond acceptors (Lipinski definition) is 4. The average molecular weight is 425 g/mol. The average Bonchev–Trinajstić information content (AvgIpc) is 3.31. The normalized spacial score (nSPS) is 17.1. The zero-order chi connectivity index (χ0) is 21.6. The van der Waals surface area contributed by atoms with Crippen LogP contribution in [0.1, 0.15) is 18.4 Å². The molecule has 7 heteroatoms. The van der Waals surface area contributed by atoms with E-state index in [0.29, 0.717) is 32.7 Å². The van der Waals surface area contributed by atoms with E-state index >= 15 is 0 Å². The van der Waals surface area contributed by atoms with E-state index < -0.39 is 0 Å². The Bertz CT molecular complexity index is 887. The lowest BCUT2D eigenvalue weighted by Crippen LogP contribution is -2.50. The van der Waals surface area contributed by atoms with Crippen LogP contribution in [-0.2, 0) is 16.0 Å². The molecule has 1 N–H and O–H groups in total. The highest BCUT2D eigenvalue weighted by atomic mass is 19.1. The zero-order valence-electron chi connectivity index (χ0n) is 17.7. The number of benzene rings is 2. The Morgan fingerprint density at radius 1 is 0.839 bits per heavy atom. The summed E-state index contributed by atoms with van der Waals surface area (Å²) in [6, 6.07) is 14.1. The van der Waals surface area contributed by atoms with Crippen LogP contribution in [0.2, 0.25) is 0 Å². The minimum absolute atomic E-state index is 0.0359. The van der Waals surface area contributed by atoms with Gasteiger partial charge in [0.05, 0.1) is 13.0 Å². The highest BCUT2D eigenvalue weighted by Crippen LogP contribution is 2.22. The number of hydrogen-bond donors (Lipinski definition) is 1. The number of rotatable bonds is 6. The molecule has 2 aliphatic rings.